The van der Waals surface area contributed by atoms with Gasteiger partial charge in [-0.25, -0.2) is 4.98 Å². The predicted octanol–water partition coefficient (Wildman–Crippen LogP) is 1.95. The van der Waals surface area contributed by atoms with Crippen LogP contribution in [0.15, 0.2) is 45.2 Å². The molecule has 0 aliphatic carbocycles. The van der Waals surface area contributed by atoms with E-state index in [0.717, 1.165) is 10.5 Å². The van der Waals surface area contributed by atoms with E-state index in [4.69, 9.17) is 5.73 Å². The average molecular weight is 277 g/mol. The van der Waals surface area contributed by atoms with Crippen LogP contribution in [0.3, 0.4) is 0 Å². The number of aromatic amines is 1. The van der Waals surface area contributed by atoms with Gasteiger partial charge in [0.1, 0.15) is 5.82 Å². The standard InChI is InChI=1S/C13H15N3O2S/c1-2-10(17)8-3-5-9(6-4-8)19-13-15-11(14)7-12(18)16-13/h3-7,10,17H,2H2,1H3,(H3,14,15,16,18)/t10-/m1/s1. The molecule has 0 fully saturated rings. The Balaban J connectivity index is 2.17. The summed E-state index contributed by atoms with van der Waals surface area (Å²) in [5.41, 5.74) is 6.12. The summed E-state index contributed by atoms with van der Waals surface area (Å²) < 4.78 is 0. The summed E-state index contributed by atoms with van der Waals surface area (Å²) in [5.74, 6) is 0.198. The van der Waals surface area contributed by atoms with E-state index in [-0.39, 0.29) is 11.4 Å². The van der Waals surface area contributed by atoms with E-state index in [1.54, 1.807) is 0 Å². The summed E-state index contributed by atoms with van der Waals surface area (Å²) in [4.78, 5) is 18.8. The van der Waals surface area contributed by atoms with Gasteiger partial charge >= 0.3 is 0 Å². The topological polar surface area (TPSA) is 92.0 Å². The summed E-state index contributed by atoms with van der Waals surface area (Å²) in [5, 5.41) is 10.2. The van der Waals surface area contributed by atoms with Gasteiger partial charge in [-0.3, -0.25) is 4.79 Å². The third kappa shape index (κ3) is 3.59. The third-order valence-corrected chi connectivity index (χ3v) is 3.50. The minimum atomic E-state index is -0.440. The molecular formula is C13H15N3O2S. The van der Waals surface area contributed by atoms with Gasteiger partial charge in [0, 0.05) is 11.0 Å². The Morgan fingerprint density at radius 3 is 2.68 bits per heavy atom. The molecule has 0 aliphatic heterocycles. The van der Waals surface area contributed by atoms with E-state index in [1.165, 1.54) is 17.8 Å². The second-order valence-electron chi connectivity index (χ2n) is 4.07. The first kappa shape index (κ1) is 13.6. The molecule has 1 atom stereocenters. The maximum Gasteiger partial charge on any atom is 0.253 e. The molecule has 0 bridgehead atoms. The Morgan fingerprint density at radius 2 is 2.11 bits per heavy atom. The van der Waals surface area contributed by atoms with E-state index in [2.05, 4.69) is 9.97 Å². The van der Waals surface area contributed by atoms with Crippen LogP contribution in [0.4, 0.5) is 5.82 Å². The van der Waals surface area contributed by atoms with Gasteiger partial charge in [-0.15, -0.1) is 0 Å². The van der Waals surface area contributed by atoms with Gasteiger partial charge < -0.3 is 15.8 Å². The van der Waals surface area contributed by atoms with Crippen LogP contribution in [0.1, 0.15) is 25.0 Å². The van der Waals surface area contributed by atoms with Crippen LogP contribution >= 0.6 is 11.8 Å². The van der Waals surface area contributed by atoms with Crippen molar-refractivity contribution in [3.63, 3.8) is 0 Å². The first-order valence-corrected chi connectivity index (χ1v) is 6.73. The lowest BCUT2D eigenvalue weighted by atomic mass is 10.1. The molecule has 0 saturated carbocycles. The Bertz CT molecular complexity index is 610. The smallest absolute Gasteiger partial charge is 0.253 e. The maximum absolute atomic E-state index is 11.3. The molecule has 0 spiro atoms. The quantitative estimate of drug-likeness (QED) is 0.743. The van der Waals surface area contributed by atoms with Crippen molar-refractivity contribution < 1.29 is 5.11 Å². The van der Waals surface area contributed by atoms with E-state index >= 15 is 0 Å². The van der Waals surface area contributed by atoms with Gasteiger partial charge in [0.2, 0.25) is 0 Å². The predicted molar refractivity (Wildman–Crippen MR) is 75.1 cm³/mol. The van der Waals surface area contributed by atoms with Crippen molar-refractivity contribution in [3.05, 3.63) is 46.2 Å². The number of hydrogen-bond donors (Lipinski definition) is 3. The minimum Gasteiger partial charge on any atom is -0.388 e. The largest absolute Gasteiger partial charge is 0.388 e. The normalized spacial score (nSPS) is 12.3. The number of nitrogens with two attached hydrogens (primary N) is 1. The van der Waals surface area contributed by atoms with Crippen LogP contribution < -0.4 is 11.3 Å². The monoisotopic (exact) mass is 277 g/mol. The van der Waals surface area contributed by atoms with Crippen molar-refractivity contribution in [1.82, 2.24) is 9.97 Å². The number of rotatable bonds is 4. The molecule has 6 heteroatoms. The van der Waals surface area contributed by atoms with Crippen molar-refractivity contribution in [3.8, 4) is 0 Å². The van der Waals surface area contributed by atoms with Crippen molar-refractivity contribution in [2.24, 2.45) is 0 Å². The second kappa shape index (κ2) is 5.90. The highest BCUT2D eigenvalue weighted by molar-refractivity contribution is 7.99. The number of anilines is 1. The van der Waals surface area contributed by atoms with Crippen LogP contribution in [-0.4, -0.2) is 15.1 Å². The lowest BCUT2D eigenvalue weighted by Gasteiger charge is -2.08. The van der Waals surface area contributed by atoms with E-state index in [9.17, 15) is 9.90 Å². The number of nitrogens with zero attached hydrogens (tertiary/aromatic N) is 1. The number of aliphatic hydroxyl groups excluding tert-OH is 1. The molecule has 4 N–H and O–H groups in total. The highest BCUT2D eigenvalue weighted by Crippen LogP contribution is 2.26. The molecule has 0 unspecified atom stereocenters. The fraction of sp³-hybridized carbons (Fsp3) is 0.231. The summed E-state index contributed by atoms with van der Waals surface area (Å²) >= 11 is 1.32. The number of aromatic nitrogens is 2. The minimum absolute atomic E-state index is 0.198. The molecule has 1 aromatic heterocycles. The van der Waals surface area contributed by atoms with Crippen molar-refractivity contribution in [2.75, 3.05) is 5.73 Å². The van der Waals surface area contributed by atoms with Crippen LogP contribution in [0, 0.1) is 0 Å². The van der Waals surface area contributed by atoms with Crippen molar-refractivity contribution >= 4 is 17.6 Å². The van der Waals surface area contributed by atoms with Crippen LogP contribution in [0.25, 0.3) is 0 Å². The first-order chi connectivity index (χ1) is 9.08. The molecule has 100 valence electrons. The highest BCUT2D eigenvalue weighted by Gasteiger charge is 2.06. The van der Waals surface area contributed by atoms with Gasteiger partial charge in [0.05, 0.1) is 6.10 Å². The first-order valence-electron chi connectivity index (χ1n) is 5.91. The third-order valence-electron chi connectivity index (χ3n) is 2.61. The number of benzene rings is 1. The summed E-state index contributed by atoms with van der Waals surface area (Å²) in [6.45, 7) is 1.93. The van der Waals surface area contributed by atoms with Crippen LogP contribution in [-0.2, 0) is 0 Å². The van der Waals surface area contributed by atoms with Gasteiger partial charge in [0.15, 0.2) is 5.16 Å². The van der Waals surface area contributed by atoms with E-state index < -0.39 is 6.10 Å². The van der Waals surface area contributed by atoms with Crippen molar-refractivity contribution in [1.29, 1.82) is 0 Å². The van der Waals surface area contributed by atoms with Crippen LogP contribution in [0.2, 0.25) is 0 Å². The zero-order valence-corrected chi connectivity index (χ0v) is 11.3. The lowest BCUT2D eigenvalue weighted by molar-refractivity contribution is 0.173. The molecule has 0 saturated heterocycles. The number of nitrogen functional groups attached to an aromatic ring is 1. The molecule has 1 aromatic carbocycles. The Morgan fingerprint density at radius 1 is 1.42 bits per heavy atom. The number of hydrogen-bond acceptors (Lipinski definition) is 5. The van der Waals surface area contributed by atoms with Crippen molar-refractivity contribution in [2.45, 2.75) is 29.5 Å². The lowest BCUT2D eigenvalue weighted by Crippen LogP contribution is -2.09. The Kier molecular flexibility index (Phi) is 4.24. The number of H-pyrrole nitrogens is 1. The average Bonchev–Trinajstić information content (AvgIpc) is 2.37. The molecule has 19 heavy (non-hydrogen) atoms. The van der Waals surface area contributed by atoms with Crippen LogP contribution in [0.5, 0.6) is 0 Å². The fourth-order valence-electron chi connectivity index (χ4n) is 1.61. The van der Waals surface area contributed by atoms with Gasteiger partial charge in [-0.2, -0.15) is 0 Å². The fourth-order valence-corrected chi connectivity index (χ4v) is 2.41. The number of nitrogens with one attached hydrogen (secondary N) is 1. The highest BCUT2D eigenvalue weighted by atomic mass is 32.2. The molecule has 2 aromatic rings. The zero-order chi connectivity index (χ0) is 13.8. The molecule has 0 radical (unpaired) electrons. The van der Waals surface area contributed by atoms with Gasteiger partial charge in [0.25, 0.3) is 5.56 Å². The molecule has 0 aliphatic rings. The second-order valence-corrected chi connectivity index (χ2v) is 5.13. The molecule has 2 rings (SSSR count). The summed E-state index contributed by atoms with van der Waals surface area (Å²) in [6.07, 6.45) is 0.237. The molecule has 0 amide bonds. The molecule has 5 nitrogen and oxygen atoms in total. The molecular weight excluding hydrogens is 262 g/mol. The van der Waals surface area contributed by atoms with Gasteiger partial charge in [-0.05, 0) is 24.1 Å². The van der Waals surface area contributed by atoms with E-state index in [1.807, 2.05) is 31.2 Å². The molecule has 1 heterocycles. The Labute approximate surface area is 114 Å². The maximum atomic E-state index is 11.3. The summed E-state index contributed by atoms with van der Waals surface area (Å²) in [7, 11) is 0. The summed E-state index contributed by atoms with van der Waals surface area (Å²) in [6, 6.07) is 8.72. The number of aliphatic hydroxyl groups is 1. The zero-order valence-electron chi connectivity index (χ0n) is 10.5. The Hall–Kier alpha value is -1.79. The SMILES string of the molecule is CC[C@@H](O)c1ccc(Sc2nc(N)cc(=O)[nH]2)cc1. The van der Waals surface area contributed by atoms with E-state index in [0.29, 0.717) is 11.6 Å². The van der Waals surface area contributed by atoms with Gasteiger partial charge in [-0.1, -0.05) is 30.8 Å².